The summed E-state index contributed by atoms with van der Waals surface area (Å²) < 4.78 is 5.25. The van der Waals surface area contributed by atoms with Crippen molar-refractivity contribution in [3.05, 3.63) is 100 Å². The molecule has 0 saturated carbocycles. The number of benzene rings is 2. The second-order valence-electron chi connectivity index (χ2n) is 6.19. The van der Waals surface area contributed by atoms with Gasteiger partial charge in [-0.2, -0.15) is 0 Å². The maximum Gasteiger partial charge on any atom is 0.331 e. The van der Waals surface area contributed by atoms with E-state index < -0.39 is 12.1 Å². The van der Waals surface area contributed by atoms with Gasteiger partial charge in [-0.1, -0.05) is 66.7 Å². The number of ether oxygens (including phenoxy) is 1. The van der Waals surface area contributed by atoms with Crippen molar-refractivity contribution in [1.82, 2.24) is 5.32 Å². The molecule has 0 aliphatic carbocycles. The highest BCUT2D eigenvalue weighted by Gasteiger charge is 2.22. The van der Waals surface area contributed by atoms with Crippen LogP contribution in [0.1, 0.15) is 29.0 Å². The summed E-state index contributed by atoms with van der Waals surface area (Å²) in [5.41, 5.74) is 1.91. The zero-order valence-corrected chi connectivity index (χ0v) is 16.3. The first-order valence-electron chi connectivity index (χ1n) is 8.96. The molecule has 142 valence electrons. The second kappa shape index (κ2) is 9.67. The average molecular weight is 391 g/mol. The van der Waals surface area contributed by atoms with E-state index in [0.29, 0.717) is 0 Å². The van der Waals surface area contributed by atoms with Crippen LogP contribution in [0, 0.1) is 0 Å². The monoisotopic (exact) mass is 391 g/mol. The lowest BCUT2D eigenvalue weighted by Crippen LogP contribution is -2.38. The van der Waals surface area contributed by atoms with Gasteiger partial charge in [-0.25, -0.2) is 4.79 Å². The first-order valence-corrected chi connectivity index (χ1v) is 9.84. The van der Waals surface area contributed by atoms with E-state index >= 15 is 0 Å². The molecule has 1 N–H and O–H groups in total. The number of esters is 1. The Morgan fingerprint density at radius 2 is 1.54 bits per heavy atom. The Morgan fingerprint density at radius 3 is 2.07 bits per heavy atom. The Bertz CT molecular complexity index is 882. The van der Waals surface area contributed by atoms with Gasteiger partial charge in [-0.05, 0) is 35.6 Å². The molecule has 0 saturated heterocycles. The molecule has 3 rings (SSSR count). The van der Waals surface area contributed by atoms with Crippen LogP contribution in [0.2, 0.25) is 0 Å². The smallest absolute Gasteiger partial charge is 0.331 e. The largest absolute Gasteiger partial charge is 0.449 e. The Labute approximate surface area is 168 Å². The van der Waals surface area contributed by atoms with Crippen LogP contribution in [0.5, 0.6) is 0 Å². The van der Waals surface area contributed by atoms with Gasteiger partial charge in [0, 0.05) is 11.0 Å². The van der Waals surface area contributed by atoms with Crippen LogP contribution in [-0.4, -0.2) is 18.0 Å². The topological polar surface area (TPSA) is 55.4 Å². The maximum atomic E-state index is 12.7. The van der Waals surface area contributed by atoms with E-state index in [9.17, 15) is 9.59 Å². The molecule has 0 radical (unpaired) electrons. The minimum atomic E-state index is -0.907. The van der Waals surface area contributed by atoms with E-state index in [2.05, 4.69) is 5.32 Å². The normalized spacial score (nSPS) is 12.1. The SMILES string of the molecule is CC(OC(=O)/C=C/c1cccs1)C(=O)NC(c1ccccc1)c1ccccc1. The van der Waals surface area contributed by atoms with Crippen molar-refractivity contribution in [1.29, 1.82) is 0 Å². The van der Waals surface area contributed by atoms with Crippen molar-refractivity contribution < 1.29 is 14.3 Å². The fourth-order valence-electron chi connectivity index (χ4n) is 2.71. The molecule has 0 bridgehead atoms. The first-order chi connectivity index (χ1) is 13.6. The minimum Gasteiger partial charge on any atom is -0.449 e. The lowest BCUT2D eigenvalue weighted by molar-refractivity contribution is -0.150. The molecule has 1 atom stereocenters. The van der Waals surface area contributed by atoms with Gasteiger partial charge in [-0.3, -0.25) is 4.79 Å². The quantitative estimate of drug-likeness (QED) is 0.473. The molecule has 0 spiro atoms. The van der Waals surface area contributed by atoms with Gasteiger partial charge in [0.1, 0.15) is 0 Å². The molecule has 1 unspecified atom stereocenters. The van der Waals surface area contributed by atoms with Gasteiger partial charge >= 0.3 is 5.97 Å². The summed E-state index contributed by atoms with van der Waals surface area (Å²) in [5, 5.41) is 4.91. The van der Waals surface area contributed by atoms with Crippen LogP contribution in [-0.2, 0) is 14.3 Å². The third-order valence-corrected chi connectivity index (χ3v) is 4.98. The van der Waals surface area contributed by atoms with Crippen molar-refractivity contribution >= 4 is 29.3 Å². The first kappa shape index (κ1) is 19.6. The standard InChI is InChI=1S/C23H21NO3S/c1-17(27-21(25)15-14-20-13-8-16-28-20)23(26)24-22(18-9-4-2-5-10-18)19-11-6-3-7-12-19/h2-17,22H,1H3,(H,24,26)/b15-14+. The van der Waals surface area contributed by atoms with E-state index in [1.54, 1.807) is 13.0 Å². The summed E-state index contributed by atoms with van der Waals surface area (Å²) in [6.45, 7) is 1.57. The number of carbonyl (C=O) groups excluding carboxylic acids is 2. The number of nitrogens with one attached hydrogen (secondary N) is 1. The Kier molecular flexibility index (Phi) is 6.76. The maximum absolute atomic E-state index is 12.7. The Hall–Kier alpha value is -3.18. The highest BCUT2D eigenvalue weighted by Crippen LogP contribution is 2.22. The lowest BCUT2D eigenvalue weighted by Gasteiger charge is -2.22. The van der Waals surface area contributed by atoms with Crippen LogP contribution >= 0.6 is 11.3 Å². The molecular weight excluding hydrogens is 370 g/mol. The predicted octanol–water partition coefficient (Wildman–Crippen LogP) is 4.60. The Morgan fingerprint density at radius 1 is 0.929 bits per heavy atom. The third-order valence-electron chi connectivity index (χ3n) is 4.14. The van der Waals surface area contributed by atoms with E-state index in [0.717, 1.165) is 16.0 Å². The molecule has 5 heteroatoms. The molecule has 28 heavy (non-hydrogen) atoms. The van der Waals surface area contributed by atoms with Gasteiger partial charge in [-0.15, -0.1) is 11.3 Å². The number of thiophene rings is 1. The third kappa shape index (κ3) is 5.41. The summed E-state index contributed by atoms with van der Waals surface area (Å²) in [5.74, 6) is -0.900. The minimum absolute atomic E-state index is 0.322. The molecule has 2 aromatic carbocycles. The number of amides is 1. The van der Waals surface area contributed by atoms with Gasteiger partial charge in [0.2, 0.25) is 0 Å². The molecule has 0 fully saturated rings. The summed E-state index contributed by atoms with van der Waals surface area (Å²) in [6, 6.07) is 22.9. The van der Waals surface area contributed by atoms with Crippen LogP contribution in [0.25, 0.3) is 6.08 Å². The molecular formula is C23H21NO3S. The van der Waals surface area contributed by atoms with Crippen LogP contribution < -0.4 is 5.32 Å². The highest BCUT2D eigenvalue weighted by atomic mass is 32.1. The van der Waals surface area contributed by atoms with Gasteiger partial charge in [0.25, 0.3) is 5.91 Å². The second-order valence-corrected chi connectivity index (χ2v) is 7.17. The lowest BCUT2D eigenvalue weighted by atomic mass is 9.98. The fraction of sp³-hybridized carbons (Fsp3) is 0.130. The number of carbonyl (C=O) groups is 2. The summed E-state index contributed by atoms with van der Waals surface area (Å²) >= 11 is 1.52. The highest BCUT2D eigenvalue weighted by molar-refractivity contribution is 7.10. The van der Waals surface area contributed by atoms with Crippen molar-refractivity contribution in [2.75, 3.05) is 0 Å². The van der Waals surface area contributed by atoms with Gasteiger partial charge < -0.3 is 10.1 Å². The van der Waals surface area contributed by atoms with E-state index in [1.807, 2.05) is 78.2 Å². The van der Waals surface area contributed by atoms with Crippen molar-refractivity contribution in [2.45, 2.75) is 19.1 Å². The Balaban J connectivity index is 1.67. The zero-order chi connectivity index (χ0) is 19.8. The molecule has 0 aliphatic heterocycles. The molecule has 1 aromatic heterocycles. The number of hydrogen-bond donors (Lipinski definition) is 1. The number of rotatable bonds is 7. The van der Waals surface area contributed by atoms with Crippen LogP contribution in [0.4, 0.5) is 0 Å². The van der Waals surface area contributed by atoms with Crippen LogP contribution in [0.15, 0.2) is 84.3 Å². The average Bonchev–Trinajstić information content (AvgIpc) is 3.25. The summed E-state index contributed by atoms with van der Waals surface area (Å²) in [6.07, 6.45) is 2.10. The molecule has 1 amide bonds. The predicted molar refractivity (Wildman–Crippen MR) is 112 cm³/mol. The van der Waals surface area contributed by atoms with Crippen molar-refractivity contribution in [3.8, 4) is 0 Å². The molecule has 1 heterocycles. The zero-order valence-electron chi connectivity index (χ0n) is 15.4. The van der Waals surface area contributed by atoms with Crippen LogP contribution in [0.3, 0.4) is 0 Å². The summed E-state index contributed by atoms with van der Waals surface area (Å²) in [4.78, 5) is 25.6. The van der Waals surface area contributed by atoms with Gasteiger partial charge in [0.15, 0.2) is 6.10 Å². The number of hydrogen-bond acceptors (Lipinski definition) is 4. The summed E-state index contributed by atoms with van der Waals surface area (Å²) in [7, 11) is 0. The molecule has 3 aromatic rings. The van der Waals surface area contributed by atoms with Crippen molar-refractivity contribution in [3.63, 3.8) is 0 Å². The van der Waals surface area contributed by atoms with E-state index in [1.165, 1.54) is 17.4 Å². The van der Waals surface area contributed by atoms with Crippen molar-refractivity contribution in [2.24, 2.45) is 0 Å². The van der Waals surface area contributed by atoms with E-state index in [-0.39, 0.29) is 11.9 Å². The van der Waals surface area contributed by atoms with Gasteiger partial charge in [0.05, 0.1) is 6.04 Å². The fourth-order valence-corrected chi connectivity index (χ4v) is 3.33. The van der Waals surface area contributed by atoms with E-state index in [4.69, 9.17) is 4.74 Å². The molecule has 0 aliphatic rings. The molecule has 4 nitrogen and oxygen atoms in total.